The molecule has 0 aliphatic carbocycles. The third kappa shape index (κ3) is 3.83. The number of rotatable bonds is 5. The maximum absolute atomic E-state index is 13.3. The number of hydrogen-bond donors (Lipinski definition) is 1. The van der Waals surface area contributed by atoms with E-state index in [1.165, 1.54) is 19.2 Å². The highest BCUT2D eigenvalue weighted by molar-refractivity contribution is 5.97. The second-order valence-corrected chi connectivity index (χ2v) is 5.44. The van der Waals surface area contributed by atoms with Crippen LogP contribution in [0.1, 0.15) is 27.5 Å². The lowest BCUT2D eigenvalue weighted by atomic mass is 9.99. The summed E-state index contributed by atoms with van der Waals surface area (Å²) >= 11 is 0. The molecule has 0 aliphatic rings. The second-order valence-electron chi connectivity index (χ2n) is 5.44. The van der Waals surface area contributed by atoms with Crippen LogP contribution in [0.25, 0.3) is 0 Å². The topological polar surface area (TPSA) is 51.2 Å². The van der Waals surface area contributed by atoms with Crippen molar-refractivity contribution in [3.63, 3.8) is 0 Å². The molecule has 1 atom stereocenters. The van der Waals surface area contributed by atoms with Gasteiger partial charge in [0.2, 0.25) is 0 Å². The molecule has 0 spiro atoms. The summed E-state index contributed by atoms with van der Waals surface area (Å²) in [6, 6.07) is 16.3. The van der Waals surface area contributed by atoms with E-state index in [1.54, 1.807) is 48.8 Å². The van der Waals surface area contributed by atoms with E-state index >= 15 is 0 Å². The van der Waals surface area contributed by atoms with E-state index < -0.39 is 6.04 Å². The SMILES string of the molecule is COc1ccccc1C(=O)NC(c1ccncc1)c1ccc(F)cc1. The van der Waals surface area contributed by atoms with Crippen molar-refractivity contribution < 1.29 is 13.9 Å². The first-order valence-electron chi connectivity index (χ1n) is 7.78. The summed E-state index contributed by atoms with van der Waals surface area (Å²) in [6.07, 6.45) is 3.31. The van der Waals surface area contributed by atoms with Crippen LogP contribution in [0.5, 0.6) is 5.75 Å². The summed E-state index contributed by atoms with van der Waals surface area (Å²) < 4.78 is 18.5. The monoisotopic (exact) mass is 336 g/mol. The van der Waals surface area contributed by atoms with Crippen LogP contribution in [-0.4, -0.2) is 18.0 Å². The number of benzene rings is 2. The highest BCUT2D eigenvalue weighted by atomic mass is 19.1. The number of para-hydroxylation sites is 1. The third-order valence-corrected chi connectivity index (χ3v) is 3.87. The second kappa shape index (κ2) is 7.57. The maximum Gasteiger partial charge on any atom is 0.255 e. The molecule has 0 saturated carbocycles. The van der Waals surface area contributed by atoms with Gasteiger partial charge in [-0.15, -0.1) is 0 Å². The number of pyridine rings is 1. The lowest BCUT2D eigenvalue weighted by Crippen LogP contribution is -2.29. The first kappa shape index (κ1) is 16.6. The zero-order chi connectivity index (χ0) is 17.6. The van der Waals surface area contributed by atoms with Crippen molar-refractivity contribution in [3.05, 3.63) is 95.6 Å². The smallest absolute Gasteiger partial charge is 0.255 e. The molecule has 5 heteroatoms. The van der Waals surface area contributed by atoms with E-state index in [0.717, 1.165) is 11.1 Å². The van der Waals surface area contributed by atoms with Crippen LogP contribution in [0.15, 0.2) is 73.1 Å². The molecule has 0 aliphatic heterocycles. The van der Waals surface area contributed by atoms with Crippen LogP contribution in [0.3, 0.4) is 0 Å². The number of hydrogen-bond acceptors (Lipinski definition) is 3. The quantitative estimate of drug-likeness (QED) is 0.772. The number of amides is 1. The lowest BCUT2D eigenvalue weighted by Gasteiger charge is -2.20. The fourth-order valence-corrected chi connectivity index (χ4v) is 2.61. The van der Waals surface area contributed by atoms with Gasteiger partial charge in [-0.1, -0.05) is 24.3 Å². The van der Waals surface area contributed by atoms with Gasteiger partial charge in [0.25, 0.3) is 5.91 Å². The van der Waals surface area contributed by atoms with Gasteiger partial charge in [-0.05, 0) is 47.5 Å². The molecule has 1 unspecified atom stereocenters. The molecule has 0 saturated heterocycles. The van der Waals surface area contributed by atoms with E-state index in [1.807, 2.05) is 12.1 Å². The van der Waals surface area contributed by atoms with E-state index in [4.69, 9.17) is 4.74 Å². The van der Waals surface area contributed by atoms with Crippen LogP contribution in [0.4, 0.5) is 4.39 Å². The molecule has 3 aromatic rings. The zero-order valence-corrected chi connectivity index (χ0v) is 13.6. The zero-order valence-electron chi connectivity index (χ0n) is 13.6. The summed E-state index contributed by atoms with van der Waals surface area (Å²) in [5, 5.41) is 2.99. The average molecular weight is 336 g/mol. The third-order valence-electron chi connectivity index (χ3n) is 3.87. The van der Waals surface area contributed by atoms with E-state index in [9.17, 15) is 9.18 Å². The summed E-state index contributed by atoms with van der Waals surface area (Å²) in [5.74, 6) is -0.107. The normalized spacial score (nSPS) is 11.6. The first-order valence-corrected chi connectivity index (χ1v) is 7.78. The molecule has 1 aromatic heterocycles. The minimum Gasteiger partial charge on any atom is -0.496 e. The van der Waals surface area contributed by atoms with Crippen molar-refractivity contribution in [1.82, 2.24) is 10.3 Å². The van der Waals surface area contributed by atoms with Crippen molar-refractivity contribution in [2.75, 3.05) is 7.11 Å². The number of nitrogens with one attached hydrogen (secondary N) is 1. The van der Waals surface area contributed by atoms with Crippen molar-refractivity contribution in [2.45, 2.75) is 6.04 Å². The van der Waals surface area contributed by atoms with Crippen LogP contribution in [-0.2, 0) is 0 Å². The number of nitrogens with zero attached hydrogens (tertiary/aromatic N) is 1. The summed E-state index contributed by atoms with van der Waals surface area (Å²) in [6.45, 7) is 0. The van der Waals surface area contributed by atoms with Crippen LogP contribution in [0, 0.1) is 5.82 Å². The Morgan fingerprint density at radius 2 is 1.64 bits per heavy atom. The highest BCUT2D eigenvalue weighted by Crippen LogP contribution is 2.24. The minimum absolute atomic E-state index is 0.274. The van der Waals surface area contributed by atoms with Gasteiger partial charge in [0, 0.05) is 12.4 Å². The Hall–Kier alpha value is -3.21. The number of carbonyl (C=O) groups is 1. The van der Waals surface area contributed by atoms with Gasteiger partial charge >= 0.3 is 0 Å². The van der Waals surface area contributed by atoms with E-state index in [-0.39, 0.29) is 11.7 Å². The van der Waals surface area contributed by atoms with Crippen LogP contribution in [0.2, 0.25) is 0 Å². The van der Waals surface area contributed by atoms with Crippen molar-refractivity contribution in [1.29, 1.82) is 0 Å². The van der Waals surface area contributed by atoms with Crippen LogP contribution >= 0.6 is 0 Å². The number of halogens is 1. The first-order chi connectivity index (χ1) is 12.2. The molecule has 1 heterocycles. The molecular formula is C20H17FN2O2. The molecule has 126 valence electrons. The van der Waals surface area contributed by atoms with Gasteiger partial charge in [-0.3, -0.25) is 9.78 Å². The Bertz CT molecular complexity index is 851. The van der Waals surface area contributed by atoms with Crippen molar-refractivity contribution in [2.24, 2.45) is 0 Å². The Kier molecular flexibility index (Phi) is 5.04. The largest absolute Gasteiger partial charge is 0.496 e. The Balaban J connectivity index is 1.95. The number of carbonyl (C=O) groups excluding carboxylic acids is 1. The van der Waals surface area contributed by atoms with Gasteiger partial charge in [-0.2, -0.15) is 0 Å². The van der Waals surface area contributed by atoms with Gasteiger partial charge in [0.1, 0.15) is 11.6 Å². The fraction of sp³-hybridized carbons (Fsp3) is 0.100. The van der Waals surface area contributed by atoms with Gasteiger partial charge in [0.15, 0.2) is 0 Å². The fourth-order valence-electron chi connectivity index (χ4n) is 2.61. The predicted molar refractivity (Wildman–Crippen MR) is 92.9 cm³/mol. The molecule has 1 amide bonds. The molecule has 2 aromatic carbocycles. The number of methoxy groups -OCH3 is 1. The van der Waals surface area contributed by atoms with E-state index in [0.29, 0.717) is 11.3 Å². The molecule has 3 rings (SSSR count). The molecular weight excluding hydrogens is 319 g/mol. The Morgan fingerprint density at radius 3 is 2.32 bits per heavy atom. The maximum atomic E-state index is 13.3. The average Bonchev–Trinajstić information content (AvgIpc) is 2.67. The predicted octanol–water partition coefficient (Wildman–Crippen LogP) is 3.75. The minimum atomic E-state index is -0.430. The molecule has 4 nitrogen and oxygen atoms in total. The standard InChI is InChI=1S/C20H17FN2O2/c1-25-18-5-3-2-4-17(18)20(24)23-19(15-10-12-22-13-11-15)14-6-8-16(21)9-7-14/h2-13,19H,1H3,(H,23,24). The molecule has 0 fully saturated rings. The molecule has 0 bridgehead atoms. The highest BCUT2D eigenvalue weighted by Gasteiger charge is 2.20. The van der Waals surface area contributed by atoms with E-state index in [2.05, 4.69) is 10.3 Å². The van der Waals surface area contributed by atoms with Crippen molar-refractivity contribution >= 4 is 5.91 Å². The summed E-state index contributed by atoms with van der Waals surface area (Å²) in [7, 11) is 1.52. The Morgan fingerprint density at radius 1 is 1.00 bits per heavy atom. The lowest BCUT2D eigenvalue weighted by molar-refractivity contribution is 0.0940. The molecule has 25 heavy (non-hydrogen) atoms. The number of ether oxygens (including phenoxy) is 1. The molecule has 1 N–H and O–H groups in total. The van der Waals surface area contributed by atoms with Gasteiger partial charge in [-0.25, -0.2) is 4.39 Å². The van der Waals surface area contributed by atoms with Crippen LogP contribution < -0.4 is 10.1 Å². The number of aromatic nitrogens is 1. The van der Waals surface area contributed by atoms with Gasteiger partial charge in [0.05, 0.1) is 18.7 Å². The Labute approximate surface area is 145 Å². The summed E-state index contributed by atoms with van der Waals surface area (Å²) in [5.41, 5.74) is 2.06. The van der Waals surface area contributed by atoms with Gasteiger partial charge < -0.3 is 10.1 Å². The van der Waals surface area contributed by atoms with Crippen molar-refractivity contribution in [3.8, 4) is 5.75 Å². The summed E-state index contributed by atoms with van der Waals surface area (Å²) in [4.78, 5) is 16.8. The molecule has 0 radical (unpaired) electrons.